The fourth-order valence-corrected chi connectivity index (χ4v) is 3.80. The van der Waals surface area contributed by atoms with Gasteiger partial charge >= 0.3 is 0 Å². The highest BCUT2D eigenvalue weighted by Gasteiger charge is 2.32. The van der Waals surface area contributed by atoms with Crippen molar-refractivity contribution < 1.29 is 9.90 Å². The Bertz CT molecular complexity index is 716. The molecule has 0 saturated heterocycles. The van der Waals surface area contributed by atoms with Crippen LogP contribution in [0.2, 0.25) is 0 Å². The average Bonchev–Trinajstić information content (AvgIpc) is 2.93. The molecule has 1 fully saturated rings. The first-order valence-corrected chi connectivity index (χ1v) is 8.99. The molecule has 1 heterocycles. The molecular formula is C19H27N3O2. The molecule has 2 N–H and O–H groups in total. The zero-order valence-electron chi connectivity index (χ0n) is 14.6. The van der Waals surface area contributed by atoms with Gasteiger partial charge in [-0.05, 0) is 38.8 Å². The number of benzene rings is 1. The van der Waals surface area contributed by atoms with Gasteiger partial charge in [0.15, 0.2) is 0 Å². The topological polar surface area (TPSA) is 67.2 Å². The maximum atomic E-state index is 12.4. The van der Waals surface area contributed by atoms with Gasteiger partial charge in [-0.15, -0.1) is 0 Å². The molecule has 5 heteroatoms. The van der Waals surface area contributed by atoms with E-state index in [1.165, 1.54) is 0 Å². The van der Waals surface area contributed by atoms with Crippen LogP contribution in [-0.2, 0) is 11.3 Å². The minimum atomic E-state index is -0.826. The van der Waals surface area contributed by atoms with Crippen molar-refractivity contribution in [1.29, 1.82) is 0 Å². The lowest BCUT2D eigenvalue weighted by molar-refractivity contribution is -0.128. The van der Waals surface area contributed by atoms with Crippen molar-refractivity contribution in [2.24, 2.45) is 0 Å². The van der Waals surface area contributed by atoms with Gasteiger partial charge in [0.25, 0.3) is 0 Å². The molecule has 1 atom stereocenters. The predicted molar refractivity (Wildman–Crippen MR) is 94.6 cm³/mol. The molecule has 1 aliphatic rings. The van der Waals surface area contributed by atoms with E-state index in [-0.39, 0.29) is 18.4 Å². The minimum absolute atomic E-state index is 0.0957. The zero-order valence-corrected chi connectivity index (χ0v) is 14.6. The van der Waals surface area contributed by atoms with Gasteiger partial charge in [0, 0.05) is 6.54 Å². The molecule has 1 amide bonds. The SMILES string of the molecule is CCn1c(C(C)NC(=O)CC2(O)CCCCC2)nc2ccccc21. The van der Waals surface area contributed by atoms with Crippen LogP contribution < -0.4 is 5.32 Å². The summed E-state index contributed by atoms with van der Waals surface area (Å²) >= 11 is 0. The highest BCUT2D eigenvalue weighted by Crippen LogP contribution is 2.31. The van der Waals surface area contributed by atoms with Crippen LogP contribution in [0.4, 0.5) is 0 Å². The monoisotopic (exact) mass is 329 g/mol. The third kappa shape index (κ3) is 3.46. The average molecular weight is 329 g/mol. The smallest absolute Gasteiger partial charge is 0.223 e. The van der Waals surface area contributed by atoms with E-state index in [4.69, 9.17) is 0 Å². The summed E-state index contributed by atoms with van der Waals surface area (Å²) in [6.07, 6.45) is 4.80. The van der Waals surface area contributed by atoms with Crippen LogP contribution in [-0.4, -0.2) is 26.2 Å². The number of hydrogen-bond donors (Lipinski definition) is 2. The molecule has 5 nitrogen and oxygen atoms in total. The number of hydrogen-bond acceptors (Lipinski definition) is 3. The normalized spacial score (nSPS) is 18.5. The Hall–Kier alpha value is -1.88. The Balaban J connectivity index is 1.72. The third-order valence-corrected chi connectivity index (χ3v) is 5.04. The molecule has 1 aliphatic carbocycles. The van der Waals surface area contributed by atoms with Crippen molar-refractivity contribution in [2.75, 3.05) is 0 Å². The second-order valence-electron chi connectivity index (χ2n) is 6.95. The summed E-state index contributed by atoms with van der Waals surface area (Å²) in [7, 11) is 0. The molecule has 0 spiro atoms. The van der Waals surface area contributed by atoms with Crippen LogP contribution in [0.5, 0.6) is 0 Å². The first-order valence-electron chi connectivity index (χ1n) is 8.99. The number of fused-ring (bicyclic) bond motifs is 1. The fourth-order valence-electron chi connectivity index (χ4n) is 3.80. The van der Waals surface area contributed by atoms with E-state index in [2.05, 4.69) is 27.9 Å². The standard InChI is InChI=1S/C19H27N3O2/c1-3-22-16-10-6-5-9-15(16)21-18(22)14(2)20-17(23)13-19(24)11-7-4-8-12-19/h5-6,9-10,14,24H,3-4,7-8,11-13H2,1-2H3,(H,20,23). The number of aryl methyl sites for hydroxylation is 1. The lowest BCUT2D eigenvalue weighted by Crippen LogP contribution is -2.39. The Morgan fingerprint density at radius 1 is 1.33 bits per heavy atom. The first kappa shape index (κ1) is 17.0. The summed E-state index contributed by atoms with van der Waals surface area (Å²) in [5, 5.41) is 13.6. The van der Waals surface area contributed by atoms with Gasteiger partial charge < -0.3 is 15.0 Å². The summed E-state index contributed by atoms with van der Waals surface area (Å²) in [6.45, 7) is 4.84. The molecule has 1 saturated carbocycles. The maximum absolute atomic E-state index is 12.4. The number of imidazole rings is 1. The fraction of sp³-hybridized carbons (Fsp3) is 0.579. The number of rotatable bonds is 5. The van der Waals surface area contributed by atoms with Crippen LogP contribution in [0, 0.1) is 0 Å². The van der Waals surface area contributed by atoms with E-state index in [1.54, 1.807) is 0 Å². The Kier molecular flexibility index (Phi) is 4.90. The second kappa shape index (κ2) is 6.93. The molecule has 24 heavy (non-hydrogen) atoms. The van der Waals surface area contributed by atoms with Crippen molar-refractivity contribution in [3.8, 4) is 0 Å². The number of para-hydroxylation sites is 2. The summed E-state index contributed by atoms with van der Waals surface area (Å²) in [4.78, 5) is 17.1. The molecule has 0 radical (unpaired) electrons. The summed E-state index contributed by atoms with van der Waals surface area (Å²) < 4.78 is 2.13. The molecule has 1 aromatic carbocycles. The molecular weight excluding hydrogens is 302 g/mol. The van der Waals surface area contributed by atoms with E-state index in [0.717, 1.165) is 55.5 Å². The highest BCUT2D eigenvalue weighted by molar-refractivity contribution is 5.78. The van der Waals surface area contributed by atoms with E-state index < -0.39 is 5.60 Å². The van der Waals surface area contributed by atoms with Crippen LogP contribution >= 0.6 is 0 Å². The number of amides is 1. The van der Waals surface area contributed by atoms with Gasteiger partial charge in [-0.3, -0.25) is 4.79 Å². The van der Waals surface area contributed by atoms with Crippen molar-refractivity contribution in [1.82, 2.24) is 14.9 Å². The van der Waals surface area contributed by atoms with Gasteiger partial charge in [-0.1, -0.05) is 31.4 Å². The van der Waals surface area contributed by atoms with E-state index in [0.29, 0.717) is 0 Å². The summed E-state index contributed by atoms with van der Waals surface area (Å²) in [5.41, 5.74) is 1.20. The predicted octanol–water partition coefficient (Wildman–Crippen LogP) is 3.32. The number of nitrogens with one attached hydrogen (secondary N) is 1. The molecule has 0 aliphatic heterocycles. The maximum Gasteiger partial charge on any atom is 0.223 e. The van der Waals surface area contributed by atoms with Crippen LogP contribution in [0.15, 0.2) is 24.3 Å². The number of aromatic nitrogens is 2. The molecule has 3 rings (SSSR count). The van der Waals surface area contributed by atoms with Gasteiger partial charge in [-0.2, -0.15) is 0 Å². The van der Waals surface area contributed by atoms with Gasteiger partial charge in [0.1, 0.15) is 5.82 Å². The zero-order chi connectivity index (χ0) is 17.2. The Labute approximate surface area is 143 Å². The van der Waals surface area contributed by atoms with Crippen molar-refractivity contribution in [3.63, 3.8) is 0 Å². The summed E-state index contributed by atoms with van der Waals surface area (Å²) in [5.74, 6) is 0.768. The Morgan fingerprint density at radius 2 is 2.04 bits per heavy atom. The van der Waals surface area contributed by atoms with Crippen molar-refractivity contribution in [3.05, 3.63) is 30.1 Å². The van der Waals surface area contributed by atoms with Gasteiger partial charge in [0.05, 0.1) is 29.1 Å². The van der Waals surface area contributed by atoms with Crippen LogP contribution in [0.1, 0.15) is 64.2 Å². The molecule has 1 aromatic heterocycles. The first-order chi connectivity index (χ1) is 11.5. The number of carbonyl (C=O) groups is 1. The lowest BCUT2D eigenvalue weighted by atomic mass is 9.82. The van der Waals surface area contributed by atoms with E-state index >= 15 is 0 Å². The molecule has 130 valence electrons. The largest absolute Gasteiger partial charge is 0.389 e. The quantitative estimate of drug-likeness (QED) is 0.884. The number of aliphatic hydroxyl groups is 1. The lowest BCUT2D eigenvalue weighted by Gasteiger charge is -2.31. The third-order valence-electron chi connectivity index (χ3n) is 5.04. The molecule has 0 bridgehead atoms. The highest BCUT2D eigenvalue weighted by atomic mass is 16.3. The van der Waals surface area contributed by atoms with Crippen LogP contribution in [0.25, 0.3) is 11.0 Å². The van der Waals surface area contributed by atoms with Crippen molar-refractivity contribution >= 4 is 16.9 Å². The van der Waals surface area contributed by atoms with E-state index in [9.17, 15) is 9.90 Å². The molecule has 2 aromatic rings. The van der Waals surface area contributed by atoms with Gasteiger partial charge in [-0.25, -0.2) is 4.98 Å². The second-order valence-corrected chi connectivity index (χ2v) is 6.95. The van der Waals surface area contributed by atoms with Crippen LogP contribution in [0.3, 0.4) is 0 Å². The number of carbonyl (C=O) groups excluding carboxylic acids is 1. The number of nitrogens with zero attached hydrogens (tertiary/aromatic N) is 2. The van der Waals surface area contributed by atoms with Gasteiger partial charge in [0.2, 0.25) is 5.91 Å². The Morgan fingerprint density at radius 3 is 2.75 bits per heavy atom. The molecule has 1 unspecified atom stereocenters. The van der Waals surface area contributed by atoms with Crippen molar-refractivity contribution in [2.45, 2.75) is 70.6 Å². The van der Waals surface area contributed by atoms with E-state index in [1.807, 2.05) is 25.1 Å². The summed E-state index contributed by atoms with van der Waals surface area (Å²) in [6, 6.07) is 7.83. The minimum Gasteiger partial charge on any atom is -0.389 e.